The number of nitrogens with one attached hydrogen (secondary N) is 1. The van der Waals surface area contributed by atoms with Crippen LogP contribution in [0.2, 0.25) is 0 Å². The molecule has 0 aromatic heterocycles. The first-order chi connectivity index (χ1) is 9.96. The molecule has 0 saturated carbocycles. The van der Waals surface area contributed by atoms with Crippen molar-refractivity contribution in [1.29, 1.82) is 0 Å². The van der Waals surface area contributed by atoms with Crippen molar-refractivity contribution in [2.45, 2.75) is 13.5 Å². The molecule has 0 heterocycles. The average molecular weight is 305 g/mol. The molecule has 1 N–H and O–H groups in total. The molecular formula is C16H16FNO2S. The van der Waals surface area contributed by atoms with Crippen molar-refractivity contribution >= 4 is 16.1 Å². The number of aryl methyl sites for hydroxylation is 1. The van der Waals surface area contributed by atoms with Crippen LogP contribution in [0, 0.1) is 12.7 Å². The highest BCUT2D eigenvalue weighted by atomic mass is 32.2. The van der Waals surface area contributed by atoms with E-state index in [1.807, 2.05) is 18.2 Å². The van der Waals surface area contributed by atoms with Gasteiger partial charge in [0.15, 0.2) is 0 Å². The van der Waals surface area contributed by atoms with Crippen molar-refractivity contribution in [2.24, 2.45) is 0 Å². The summed E-state index contributed by atoms with van der Waals surface area (Å²) in [7, 11) is -3.55. The van der Waals surface area contributed by atoms with E-state index in [0.717, 1.165) is 11.0 Å². The molecular weight excluding hydrogens is 289 g/mol. The van der Waals surface area contributed by atoms with Crippen LogP contribution in [0.3, 0.4) is 0 Å². The van der Waals surface area contributed by atoms with Crippen LogP contribution in [0.4, 0.5) is 4.39 Å². The van der Waals surface area contributed by atoms with E-state index in [4.69, 9.17) is 0 Å². The molecule has 21 heavy (non-hydrogen) atoms. The molecule has 0 atom stereocenters. The monoisotopic (exact) mass is 305 g/mol. The topological polar surface area (TPSA) is 46.2 Å². The van der Waals surface area contributed by atoms with Gasteiger partial charge in [-0.1, -0.05) is 42.5 Å². The third-order valence-corrected chi connectivity index (χ3v) is 3.99. The van der Waals surface area contributed by atoms with Gasteiger partial charge in [0.2, 0.25) is 10.0 Å². The third-order valence-electron chi connectivity index (χ3n) is 2.95. The maximum absolute atomic E-state index is 13.4. The molecule has 0 radical (unpaired) electrons. The van der Waals surface area contributed by atoms with Crippen LogP contribution in [-0.4, -0.2) is 8.42 Å². The Kier molecular flexibility index (Phi) is 4.88. The average Bonchev–Trinajstić information content (AvgIpc) is 2.48. The van der Waals surface area contributed by atoms with Crippen LogP contribution in [0.5, 0.6) is 0 Å². The highest BCUT2D eigenvalue weighted by Gasteiger charge is 2.06. The van der Waals surface area contributed by atoms with E-state index >= 15 is 0 Å². The third kappa shape index (κ3) is 4.81. The van der Waals surface area contributed by atoms with Crippen molar-refractivity contribution < 1.29 is 12.8 Å². The minimum atomic E-state index is -3.55. The van der Waals surface area contributed by atoms with Crippen LogP contribution in [0.15, 0.2) is 53.9 Å². The van der Waals surface area contributed by atoms with E-state index in [0.29, 0.717) is 11.1 Å². The maximum Gasteiger partial charge on any atom is 0.234 e. The van der Waals surface area contributed by atoms with Crippen molar-refractivity contribution in [2.75, 3.05) is 0 Å². The maximum atomic E-state index is 13.4. The number of halogens is 1. The minimum Gasteiger partial charge on any atom is -0.208 e. The van der Waals surface area contributed by atoms with Crippen LogP contribution >= 0.6 is 0 Å². The van der Waals surface area contributed by atoms with Crippen LogP contribution in [-0.2, 0) is 16.6 Å². The van der Waals surface area contributed by atoms with Crippen LogP contribution < -0.4 is 4.72 Å². The van der Waals surface area contributed by atoms with Gasteiger partial charge in [-0.25, -0.2) is 17.5 Å². The molecule has 2 aromatic rings. The molecule has 2 rings (SSSR count). The van der Waals surface area contributed by atoms with E-state index in [1.54, 1.807) is 31.2 Å². The Morgan fingerprint density at radius 2 is 1.86 bits per heavy atom. The molecule has 3 nitrogen and oxygen atoms in total. The van der Waals surface area contributed by atoms with Gasteiger partial charge in [0, 0.05) is 12.0 Å². The number of sulfonamides is 1. The lowest BCUT2D eigenvalue weighted by molar-refractivity contribution is 0.589. The molecule has 0 aliphatic rings. The van der Waals surface area contributed by atoms with Gasteiger partial charge in [-0.15, -0.1) is 0 Å². The van der Waals surface area contributed by atoms with Gasteiger partial charge < -0.3 is 0 Å². The second kappa shape index (κ2) is 6.65. The van der Waals surface area contributed by atoms with E-state index in [1.165, 1.54) is 12.1 Å². The van der Waals surface area contributed by atoms with Crippen LogP contribution in [0.25, 0.3) is 6.08 Å². The number of benzene rings is 2. The summed E-state index contributed by atoms with van der Waals surface area (Å²) in [4.78, 5) is 0. The highest BCUT2D eigenvalue weighted by molar-refractivity contribution is 7.92. The lowest BCUT2D eigenvalue weighted by atomic mass is 10.1. The molecule has 0 spiro atoms. The molecule has 0 aliphatic carbocycles. The summed E-state index contributed by atoms with van der Waals surface area (Å²) in [6, 6.07) is 13.8. The van der Waals surface area contributed by atoms with Crippen molar-refractivity contribution in [3.8, 4) is 0 Å². The minimum absolute atomic E-state index is 0.0542. The van der Waals surface area contributed by atoms with E-state index < -0.39 is 10.0 Å². The fourth-order valence-electron chi connectivity index (χ4n) is 1.71. The second-order valence-electron chi connectivity index (χ2n) is 4.66. The normalized spacial score (nSPS) is 11.9. The zero-order chi connectivity index (χ0) is 15.3. The van der Waals surface area contributed by atoms with Gasteiger partial charge in [-0.2, -0.15) is 0 Å². The summed E-state index contributed by atoms with van der Waals surface area (Å²) in [5.41, 5.74) is 1.91. The molecule has 0 unspecified atom stereocenters. The Hall–Kier alpha value is -1.98. The van der Waals surface area contributed by atoms with E-state index in [9.17, 15) is 12.8 Å². The largest absolute Gasteiger partial charge is 0.234 e. The number of rotatable bonds is 5. The molecule has 0 bridgehead atoms. The van der Waals surface area contributed by atoms with Gasteiger partial charge in [-0.3, -0.25) is 0 Å². The Bertz CT molecular complexity index is 740. The lowest BCUT2D eigenvalue weighted by Crippen LogP contribution is -2.20. The van der Waals surface area contributed by atoms with E-state index in [-0.39, 0.29) is 12.4 Å². The molecule has 0 saturated heterocycles. The Morgan fingerprint density at radius 1 is 1.14 bits per heavy atom. The Labute approximate surface area is 124 Å². The van der Waals surface area contributed by atoms with Gasteiger partial charge in [-0.05, 0) is 35.8 Å². The fraction of sp³-hybridized carbons (Fsp3) is 0.125. The van der Waals surface area contributed by atoms with Gasteiger partial charge in [0.1, 0.15) is 5.82 Å². The molecule has 0 fully saturated rings. The first-order valence-electron chi connectivity index (χ1n) is 6.44. The Balaban J connectivity index is 2.01. The number of hydrogen-bond donors (Lipinski definition) is 1. The summed E-state index contributed by atoms with van der Waals surface area (Å²) >= 11 is 0. The molecule has 2 aromatic carbocycles. The summed E-state index contributed by atoms with van der Waals surface area (Å²) in [6.45, 7) is 1.71. The molecule has 0 aliphatic heterocycles. The first kappa shape index (κ1) is 15.4. The molecule has 0 amide bonds. The zero-order valence-corrected chi connectivity index (χ0v) is 12.4. The van der Waals surface area contributed by atoms with Crippen molar-refractivity contribution in [3.63, 3.8) is 0 Å². The second-order valence-corrected chi connectivity index (χ2v) is 6.31. The summed E-state index contributed by atoms with van der Waals surface area (Å²) in [5.74, 6) is -0.341. The highest BCUT2D eigenvalue weighted by Crippen LogP contribution is 2.09. The predicted octanol–water partition coefficient (Wildman–Crippen LogP) is 3.22. The first-order valence-corrected chi connectivity index (χ1v) is 7.99. The predicted molar refractivity (Wildman–Crippen MR) is 82.4 cm³/mol. The standard InChI is InChI=1S/C16H16FNO2S/c1-13-7-8-15(11-16(13)17)12-18-21(19,20)10-9-14-5-3-2-4-6-14/h2-11,18H,12H2,1H3/b10-9+. The van der Waals surface area contributed by atoms with Gasteiger partial charge in [0.05, 0.1) is 0 Å². The van der Waals surface area contributed by atoms with Crippen molar-refractivity contribution in [1.82, 2.24) is 4.72 Å². The van der Waals surface area contributed by atoms with E-state index in [2.05, 4.69) is 4.72 Å². The fourth-order valence-corrected chi connectivity index (χ4v) is 2.51. The number of hydrogen-bond acceptors (Lipinski definition) is 2. The summed E-state index contributed by atoms with van der Waals surface area (Å²) < 4.78 is 39.5. The lowest BCUT2D eigenvalue weighted by Gasteiger charge is -2.04. The van der Waals surface area contributed by atoms with Crippen molar-refractivity contribution in [3.05, 3.63) is 76.4 Å². The quantitative estimate of drug-likeness (QED) is 0.922. The molecule has 5 heteroatoms. The van der Waals surface area contributed by atoms with Gasteiger partial charge in [0.25, 0.3) is 0 Å². The Morgan fingerprint density at radius 3 is 2.52 bits per heavy atom. The van der Waals surface area contributed by atoms with Crippen LogP contribution in [0.1, 0.15) is 16.7 Å². The molecule has 110 valence electrons. The summed E-state index contributed by atoms with van der Waals surface area (Å²) in [6.07, 6.45) is 1.51. The zero-order valence-electron chi connectivity index (χ0n) is 11.6. The SMILES string of the molecule is Cc1ccc(CNS(=O)(=O)/C=C/c2ccccc2)cc1F. The smallest absolute Gasteiger partial charge is 0.208 e. The summed E-state index contributed by atoms with van der Waals surface area (Å²) in [5, 5.41) is 1.10. The van der Waals surface area contributed by atoms with Gasteiger partial charge >= 0.3 is 0 Å².